The number of carbonyl (C=O) groups excluding carboxylic acids is 1. The van der Waals surface area contributed by atoms with Crippen molar-refractivity contribution in [3.8, 4) is 0 Å². The minimum Gasteiger partial charge on any atom is -0.480 e. The Morgan fingerprint density at radius 1 is 1.00 bits per heavy atom. The van der Waals surface area contributed by atoms with Gasteiger partial charge in [0.25, 0.3) is 5.91 Å². The van der Waals surface area contributed by atoms with Crippen LogP contribution < -0.4 is 11.1 Å². The SMILES string of the molecule is Cl.Cl.Nc1nc(C(=O)N2Cc3ccccc3C2)c2cc(C(NCc3ccc(F)cc3)C(=O)O)ccc2n1. The van der Waals surface area contributed by atoms with Crippen LogP contribution in [-0.4, -0.2) is 31.9 Å². The second-order valence-corrected chi connectivity index (χ2v) is 8.42. The molecule has 0 bridgehead atoms. The maximum absolute atomic E-state index is 13.5. The molecule has 4 N–H and O–H groups in total. The largest absolute Gasteiger partial charge is 0.480 e. The van der Waals surface area contributed by atoms with Crippen LogP contribution in [0, 0.1) is 5.82 Å². The van der Waals surface area contributed by atoms with Gasteiger partial charge in [-0.25, -0.2) is 14.4 Å². The van der Waals surface area contributed by atoms with Crippen LogP contribution in [0.1, 0.15) is 38.8 Å². The van der Waals surface area contributed by atoms with Gasteiger partial charge in [0.15, 0.2) is 0 Å². The number of rotatable bonds is 6. The lowest BCUT2D eigenvalue weighted by Crippen LogP contribution is -2.28. The van der Waals surface area contributed by atoms with E-state index in [1.807, 2.05) is 24.3 Å². The van der Waals surface area contributed by atoms with Crippen molar-refractivity contribution in [1.82, 2.24) is 20.2 Å². The first-order valence-corrected chi connectivity index (χ1v) is 11.0. The third-order valence-corrected chi connectivity index (χ3v) is 6.07. The number of aromatic nitrogens is 2. The normalized spacial score (nSPS) is 12.8. The molecule has 192 valence electrons. The minimum absolute atomic E-state index is 0. The molecule has 1 aliphatic heterocycles. The third kappa shape index (κ3) is 5.80. The standard InChI is InChI=1S/C26H22FN5O3.2ClH/c27-19-8-5-15(6-9-19)12-29-22(25(34)35)16-7-10-21-20(11-16)23(31-26(28)30-21)24(33)32-13-17-3-1-2-4-18(17)14-32;;/h1-11,22,29H,12-14H2,(H,34,35)(H2,28,30,31);2*1H. The second kappa shape index (κ2) is 11.5. The molecule has 11 heteroatoms. The summed E-state index contributed by atoms with van der Waals surface area (Å²) >= 11 is 0. The number of fused-ring (bicyclic) bond motifs is 2. The van der Waals surface area contributed by atoms with E-state index in [0.29, 0.717) is 29.6 Å². The zero-order valence-corrected chi connectivity index (χ0v) is 21.1. The Kier molecular flexibility index (Phi) is 8.65. The average molecular weight is 544 g/mol. The fourth-order valence-electron chi connectivity index (χ4n) is 4.30. The van der Waals surface area contributed by atoms with Gasteiger partial charge in [0.1, 0.15) is 17.6 Å². The Balaban J connectivity index is 0.00000190. The van der Waals surface area contributed by atoms with E-state index in [4.69, 9.17) is 5.73 Å². The van der Waals surface area contributed by atoms with Gasteiger partial charge in [0.2, 0.25) is 5.95 Å². The number of hydrogen-bond donors (Lipinski definition) is 3. The van der Waals surface area contributed by atoms with Crippen molar-refractivity contribution in [2.45, 2.75) is 25.7 Å². The molecule has 0 spiro atoms. The monoisotopic (exact) mass is 543 g/mol. The lowest BCUT2D eigenvalue weighted by atomic mass is 10.0. The highest BCUT2D eigenvalue weighted by atomic mass is 35.5. The Morgan fingerprint density at radius 2 is 1.65 bits per heavy atom. The van der Waals surface area contributed by atoms with Crippen molar-refractivity contribution in [1.29, 1.82) is 0 Å². The van der Waals surface area contributed by atoms with Crippen LogP contribution in [-0.2, 0) is 24.4 Å². The van der Waals surface area contributed by atoms with Crippen molar-refractivity contribution in [2.75, 3.05) is 5.73 Å². The first-order valence-electron chi connectivity index (χ1n) is 11.0. The Morgan fingerprint density at radius 3 is 2.27 bits per heavy atom. The van der Waals surface area contributed by atoms with E-state index in [1.54, 1.807) is 35.2 Å². The van der Waals surface area contributed by atoms with E-state index < -0.39 is 12.0 Å². The number of carboxylic acids is 1. The van der Waals surface area contributed by atoms with Gasteiger partial charge in [0, 0.05) is 25.0 Å². The van der Waals surface area contributed by atoms with Gasteiger partial charge < -0.3 is 15.7 Å². The van der Waals surface area contributed by atoms with Gasteiger partial charge in [-0.2, -0.15) is 0 Å². The van der Waals surface area contributed by atoms with Crippen molar-refractivity contribution >= 4 is 53.5 Å². The van der Waals surface area contributed by atoms with Crippen LogP contribution in [0.2, 0.25) is 0 Å². The summed E-state index contributed by atoms with van der Waals surface area (Å²) in [5, 5.41) is 13.3. The molecular formula is C26H24Cl2FN5O3. The molecule has 4 aromatic rings. The van der Waals surface area contributed by atoms with Gasteiger partial charge in [-0.05, 0) is 46.5 Å². The fraction of sp³-hybridized carbons (Fsp3) is 0.154. The topological polar surface area (TPSA) is 121 Å². The quantitative estimate of drug-likeness (QED) is 0.332. The molecule has 1 atom stereocenters. The summed E-state index contributed by atoms with van der Waals surface area (Å²) in [5.74, 6) is -1.79. The van der Waals surface area contributed by atoms with E-state index in [1.165, 1.54) is 12.1 Å². The lowest BCUT2D eigenvalue weighted by Gasteiger charge is -2.18. The Hall–Kier alpha value is -3.79. The summed E-state index contributed by atoms with van der Waals surface area (Å²) in [6.07, 6.45) is 0. The van der Waals surface area contributed by atoms with Crippen LogP contribution in [0.5, 0.6) is 0 Å². The molecule has 1 amide bonds. The summed E-state index contributed by atoms with van der Waals surface area (Å²) < 4.78 is 13.2. The number of carboxylic acid groups (broad SMARTS) is 1. The van der Waals surface area contributed by atoms with E-state index in [2.05, 4.69) is 15.3 Å². The van der Waals surface area contributed by atoms with Gasteiger partial charge in [-0.15, -0.1) is 24.8 Å². The smallest absolute Gasteiger partial charge is 0.325 e. The van der Waals surface area contributed by atoms with Gasteiger partial charge >= 0.3 is 5.97 Å². The van der Waals surface area contributed by atoms with Crippen molar-refractivity contribution in [3.05, 3.63) is 100 Å². The summed E-state index contributed by atoms with van der Waals surface area (Å²) in [4.78, 5) is 35.7. The molecule has 1 aliphatic rings. The minimum atomic E-state index is -1.09. The molecular weight excluding hydrogens is 520 g/mol. The number of benzene rings is 3. The third-order valence-electron chi connectivity index (χ3n) is 6.07. The number of carbonyl (C=O) groups is 2. The van der Waals surface area contributed by atoms with E-state index in [9.17, 15) is 19.1 Å². The second-order valence-electron chi connectivity index (χ2n) is 8.42. The van der Waals surface area contributed by atoms with Crippen LogP contribution in [0.25, 0.3) is 10.9 Å². The fourth-order valence-corrected chi connectivity index (χ4v) is 4.30. The number of aliphatic carboxylic acids is 1. The Labute approximate surface area is 224 Å². The summed E-state index contributed by atoms with van der Waals surface area (Å²) in [5.41, 5.74) is 9.78. The zero-order chi connectivity index (χ0) is 24.5. The highest BCUT2D eigenvalue weighted by Crippen LogP contribution is 2.28. The number of amides is 1. The summed E-state index contributed by atoms with van der Waals surface area (Å²) in [6, 6.07) is 17.4. The molecule has 1 unspecified atom stereocenters. The van der Waals surface area contributed by atoms with Crippen LogP contribution >= 0.6 is 24.8 Å². The highest BCUT2D eigenvalue weighted by Gasteiger charge is 2.28. The predicted molar refractivity (Wildman–Crippen MR) is 142 cm³/mol. The number of nitrogen functional groups attached to an aromatic ring is 1. The van der Waals surface area contributed by atoms with Crippen LogP contribution in [0.4, 0.5) is 10.3 Å². The van der Waals surface area contributed by atoms with Crippen LogP contribution in [0.3, 0.4) is 0 Å². The molecule has 0 radical (unpaired) electrons. The van der Waals surface area contributed by atoms with Crippen molar-refractivity contribution in [3.63, 3.8) is 0 Å². The molecule has 8 nitrogen and oxygen atoms in total. The van der Waals surface area contributed by atoms with Crippen LogP contribution in [0.15, 0.2) is 66.7 Å². The predicted octanol–water partition coefficient (Wildman–Crippen LogP) is 4.27. The molecule has 1 aromatic heterocycles. The molecule has 5 rings (SSSR count). The molecule has 0 saturated carbocycles. The van der Waals surface area contributed by atoms with E-state index in [-0.39, 0.29) is 54.7 Å². The van der Waals surface area contributed by atoms with E-state index >= 15 is 0 Å². The molecule has 3 aromatic carbocycles. The van der Waals surface area contributed by atoms with E-state index in [0.717, 1.165) is 16.7 Å². The first-order chi connectivity index (χ1) is 16.9. The molecule has 0 saturated heterocycles. The number of nitrogens with one attached hydrogen (secondary N) is 1. The number of nitrogens with two attached hydrogens (primary N) is 1. The van der Waals surface area contributed by atoms with Gasteiger partial charge in [-0.1, -0.05) is 42.5 Å². The average Bonchev–Trinajstić information content (AvgIpc) is 3.28. The van der Waals surface area contributed by atoms with Gasteiger partial charge in [0.05, 0.1) is 5.52 Å². The molecule has 0 aliphatic carbocycles. The number of halogens is 3. The zero-order valence-electron chi connectivity index (χ0n) is 19.4. The first kappa shape index (κ1) is 27.8. The summed E-state index contributed by atoms with van der Waals surface area (Å²) in [7, 11) is 0. The maximum Gasteiger partial charge on any atom is 0.325 e. The summed E-state index contributed by atoms with van der Waals surface area (Å²) in [6.45, 7) is 1.12. The molecule has 2 heterocycles. The van der Waals surface area contributed by atoms with Crippen molar-refractivity contribution in [2.24, 2.45) is 0 Å². The molecule has 37 heavy (non-hydrogen) atoms. The molecule has 0 fully saturated rings. The lowest BCUT2D eigenvalue weighted by molar-refractivity contribution is -0.139. The Bertz CT molecular complexity index is 1430. The number of anilines is 1. The van der Waals surface area contributed by atoms with Gasteiger partial charge in [-0.3, -0.25) is 14.9 Å². The number of nitrogens with zero attached hydrogens (tertiary/aromatic N) is 3. The highest BCUT2D eigenvalue weighted by molar-refractivity contribution is 6.05. The maximum atomic E-state index is 13.5. The number of hydrogen-bond acceptors (Lipinski definition) is 6. The van der Waals surface area contributed by atoms with Crippen molar-refractivity contribution < 1.29 is 19.1 Å².